The first-order valence-electron chi connectivity index (χ1n) is 5.86. The predicted molar refractivity (Wildman–Crippen MR) is 73.7 cm³/mol. The van der Waals surface area contributed by atoms with E-state index < -0.39 is 17.4 Å². The molecular weight excluding hydrogens is 252 g/mol. The van der Waals surface area contributed by atoms with Crippen LogP contribution in [0.3, 0.4) is 0 Å². The molecule has 0 aliphatic heterocycles. The molecule has 0 spiro atoms. The third-order valence-electron chi connectivity index (χ3n) is 2.06. The molecule has 0 saturated carbocycles. The number of rotatable bonds is 7. The number of nitrogens with zero attached hydrogens (tertiary/aromatic N) is 2. The fourth-order valence-electron chi connectivity index (χ4n) is 1.24. The second-order valence-electron chi connectivity index (χ2n) is 4.24. The van der Waals surface area contributed by atoms with Crippen molar-refractivity contribution in [3.8, 4) is 0 Å². The molecular formula is C13H21F2N3O. The minimum absolute atomic E-state index is 0.0902. The van der Waals surface area contributed by atoms with Crippen LogP contribution in [0, 0.1) is 0 Å². The van der Waals surface area contributed by atoms with Gasteiger partial charge in [0.15, 0.2) is 5.72 Å². The number of aliphatic hydroxyl groups is 1. The Labute approximate surface area is 112 Å². The second-order valence-corrected chi connectivity index (χ2v) is 4.24. The molecule has 4 nitrogen and oxygen atoms in total. The smallest absolute Gasteiger partial charge is 0.155 e. The number of nitrogens with two attached hydrogens (primary N) is 1. The van der Waals surface area contributed by atoms with Gasteiger partial charge in [0.2, 0.25) is 0 Å². The first-order valence-corrected chi connectivity index (χ1v) is 5.86. The highest BCUT2D eigenvalue weighted by molar-refractivity contribution is 6.00. The maximum atomic E-state index is 13.4. The van der Waals surface area contributed by atoms with E-state index in [2.05, 4.69) is 11.7 Å². The molecule has 0 bridgehead atoms. The monoisotopic (exact) mass is 273 g/mol. The van der Waals surface area contributed by atoms with Gasteiger partial charge in [0, 0.05) is 13.1 Å². The van der Waals surface area contributed by atoms with Crippen molar-refractivity contribution in [2.45, 2.75) is 26.0 Å². The van der Waals surface area contributed by atoms with Crippen molar-refractivity contribution in [3.05, 3.63) is 36.5 Å². The lowest BCUT2D eigenvalue weighted by Gasteiger charge is -2.20. The molecule has 0 rings (SSSR count). The lowest BCUT2D eigenvalue weighted by atomic mass is 10.1. The van der Waals surface area contributed by atoms with Crippen LogP contribution in [0.1, 0.15) is 20.3 Å². The van der Waals surface area contributed by atoms with Gasteiger partial charge < -0.3 is 5.11 Å². The van der Waals surface area contributed by atoms with Gasteiger partial charge in [0.25, 0.3) is 0 Å². The zero-order chi connectivity index (χ0) is 15.1. The number of halogens is 2. The van der Waals surface area contributed by atoms with Crippen LogP contribution in [0.2, 0.25) is 0 Å². The molecule has 0 aliphatic carbocycles. The topological polar surface area (TPSA) is 61.8 Å². The van der Waals surface area contributed by atoms with E-state index in [-0.39, 0.29) is 12.3 Å². The van der Waals surface area contributed by atoms with Gasteiger partial charge in [-0.1, -0.05) is 13.5 Å². The van der Waals surface area contributed by atoms with E-state index in [1.165, 1.54) is 31.1 Å². The van der Waals surface area contributed by atoms with Crippen molar-refractivity contribution in [1.82, 2.24) is 5.01 Å². The summed E-state index contributed by atoms with van der Waals surface area (Å²) in [4.78, 5) is 0. The summed E-state index contributed by atoms with van der Waals surface area (Å²) in [5, 5.41) is 14.6. The number of hydrazone groups is 1. The SMILES string of the molecule is C=CC(=NN(C)CC(F)=CC(F)=CCC)C(C)(N)O. The quantitative estimate of drug-likeness (QED) is 0.324. The Bertz CT molecular complexity index is 395. The molecule has 0 aromatic carbocycles. The third kappa shape index (κ3) is 7.48. The van der Waals surface area contributed by atoms with E-state index >= 15 is 0 Å². The molecule has 0 aromatic rings. The van der Waals surface area contributed by atoms with Crippen LogP contribution in [0.4, 0.5) is 8.78 Å². The van der Waals surface area contributed by atoms with Crippen molar-refractivity contribution < 1.29 is 13.9 Å². The summed E-state index contributed by atoms with van der Waals surface area (Å²) < 4.78 is 26.5. The Balaban J connectivity index is 4.79. The van der Waals surface area contributed by atoms with Gasteiger partial charge in [-0.15, -0.1) is 0 Å². The maximum absolute atomic E-state index is 13.4. The maximum Gasteiger partial charge on any atom is 0.155 e. The van der Waals surface area contributed by atoms with Crippen molar-refractivity contribution in [1.29, 1.82) is 0 Å². The lowest BCUT2D eigenvalue weighted by Crippen LogP contribution is -2.44. The van der Waals surface area contributed by atoms with Crippen LogP contribution in [0.15, 0.2) is 41.6 Å². The van der Waals surface area contributed by atoms with Crippen molar-refractivity contribution in [2.24, 2.45) is 10.8 Å². The first-order chi connectivity index (χ1) is 8.70. The van der Waals surface area contributed by atoms with Gasteiger partial charge in [0.1, 0.15) is 17.4 Å². The fraction of sp³-hybridized carbons (Fsp3) is 0.462. The molecule has 108 valence electrons. The van der Waals surface area contributed by atoms with Crippen LogP contribution in [0.25, 0.3) is 0 Å². The molecule has 0 fully saturated rings. The number of allylic oxidation sites excluding steroid dienone is 3. The molecule has 19 heavy (non-hydrogen) atoms. The number of hydrogen-bond acceptors (Lipinski definition) is 4. The Hall–Kier alpha value is -1.53. The molecule has 0 saturated heterocycles. The Morgan fingerprint density at radius 2 is 2.11 bits per heavy atom. The van der Waals surface area contributed by atoms with Crippen LogP contribution < -0.4 is 5.73 Å². The van der Waals surface area contributed by atoms with E-state index in [0.29, 0.717) is 6.42 Å². The summed E-state index contributed by atoms with van der Waals surface area (Å²) in [6.45, 7) is 6.30. The summed E-state index contributed by atoms with van der Waals surface area (Å²) in [5.41, 5.74) is 3.87. The van der Waals surface area contributed by atoms with Gasteiger partial charge >= 0.3 is 0 Å². The number of hydrogen-bond donors (Lipinski definition) is 2. The standard InChI is InChI=1S/C13H21F2N3O/c1-5-7-10(14)8-11(15)9-18(4)17-12(6-2)13(3,16)19/h6-8,19H,2,5,9,16H2,1,3-4H3. The van der Waals surface area contributed by atoms with Crippen molar-refractivity contribution in [2.75, 3.05) is 13.6 Å². The molecule has 1 atom stereocenters. The average Bonchev–Trinajstić information content (AvgIpc) is 2.23. The normalized spacial score (nSPS) is 17.1. The predicted octanol–water partition coefficient (Wildman–Crippen LogP) is 2.24. The summed E-state index contributed by atoms with van der Waals surface area (Å²) in [6, 6.07) is 0. The van der Waals surface area contributed by atoms with E-state index in [0.717, 1.165) is 6.08 Å². The number of likely N-dealkylation sites (N-methyl/N-ethyl adjacent to an activating group) is 1. The molecule has 0 aliphatic rings. The molecule has 0 radical (unpaired) electrons. The summed E-state index contributed by atoms with van der Waals surface area (Å²) >= 11 is 0. The van der Waals surface area contributed by atoms with Gasteiger partial charge in [-0.05, 0) is 25.5 Å². The van der Waals surface area contributed by atoms with Gasteiger partial charge in [-0.25, -0.2) is 8.78 Å². The zero-order valence-electron chi connectivity index (χ0n) is 11.5. The van der Waals surface area contributed by atoms with E-state index in [9.17, 15) is 13.9 Å². The Kier molecular flexibility index (Phi) is 7.18. The van der Waals surface area contributed by atoms with Crippen LogP contribution >= 0.6 is 0 Å². The molecule has 1 unspecified atom stereocenters. The van der Waals surface area contributed by atoms with Crippen LogP contribution in [0.5, 0.6) is 0 Å². The van der Waals surface area contributed by atoms with Gasteiger partial charge in [0.05, 0.1) is 6.54 Å². The summed E-state index contributed by atoms with van der Waals surface area (Å²) in [7, 11) is 1.48. The molecule has 0 aromatic heterocycles. The highest BCUT2D eigenvalue weighted by atomic mass is 19.1. The Morgan fingerprint density at radius 3 is 2.53 bits per heavy atom. The van der Waals surface area contributed by atoms with Gasteiger partial charge in [-0.3, -0.25) is 10.7 Å². The van der Waals surface area contributed by atoms with Gasteiger partial charge in [-0.2, -0.15) is 5.10 Å². The second kappa shape index (κ2) is 7.81. The average molecular weight is 273 g/mol. The van der Waals surface area contributed by atoms with Crippen LogP contribution in [-0.2, 0) is 0 Å². The van der Waals surface area contributed by atoms with Crippen molar-refractivity contribution >= 4 is 5.71 Å². The molecule has 0 amide bonds. The molecule has 6 heteroatoms. The lowest BCUT2D eigenvalue weighted by molar-refractivity contribution is 0.138. The highest BCUT2D eigenvalue weighted by Crippen LogP contribution is 2.09. The summed E-state index contributed by atoms with van der Waals surface area (Å²) in [5.74, 6) is -1.32. The van der Waals surface area contributed by atoms with Crippen LogP contribution in [-0.4, -0.2) is 35.1 Å². The minimum atomic E-state index is -1.66. The minimum Gasteiger partial charge on any atom is -0.370 e. The molecule has 3 N–H and O–H groups in total. The fourth-order valence-corrected chi connectivity index (χ4v) is 1.24. The molecule has 0 heterocycles. The van der Waals surface area contributed by atoms with E-state index in [4.69, 9.17) is 5.73 Å². The highest BCUT2D eigenvalue weighted by Gasteiger charge is 2.20. The Morgan fingerprint density at radius 1 is 1.53 bits per heavy atom. The van der Waals surface area contributed by atoms with E-state index in [1.807, 2.05) is 0 Å². The zero-order valence-corrected chi connectivity index (χ0v) is 11.5. The van der Waals surface area contributed by atoms with E-state index in [1.54, 1.807) is 6.92 Å². The first kappa shape index (κ1) is 17.5. The largest absolute Gasteiger partial charge is 0.370 e. The van der Waals surface area contributed by atoms with Crippen molar-refractivity contribution in [3.63, 3.8) is 0 Å². The third-order valence-corrected chi connectivity index (χ3v) is 2.06. The summed E-state index contributed by atoms with van der Waals surface area (Å²) in [6.07, 6.45) is 3.82.